The Morgan fingerprint density at radius 3 is 1.17 bits per heavy atom. The zero-order valence-electron chi connectivity index (χ0n) is 26.2. The number of esters is 2. The number of hydrogen-bond acceptors (Lipinski definition) is 10. The summed E-state index contributed by atoms with van der Waals surface area (Å²) in [7, 11) is 0. The molecular formula is C37H36O10. The average Bonchev–Trinajstić information content (AvgIpc) is 4.03. The van der Waals surface area contributed by atoms with Crippen LogP contribution in [0.15, 0.2) is 97.1 Å². The molecule has 4 aromatic carbocycles. The van der Waals surface area contributed by atoms with E-state index in [9.17, 15) is 9.59 Å². The molecule has 2 aliphatic rings. The van der Waals surface area contributed by atoms with Crippen molar-refractivity contribution < 1.29 is 47.5 Å². The van der Waals surface area contributed by atoms with Crippen molar-refractivity contribution in [3.05, 3.63) is 108 Å². The molecule has 47 heavy (non-hydrogen) atoms. The predicted octanol–water partition coefficient (Wildman–Crippen LogP) is 6.16. The van der Waals surface area contributed by atoms with Gasteiger partial charge in [0, 0.05) is 5.41 Å². The molecule has 0 spiro atoms. The fourth-order valence-electron chi connectivity index (χ4n) is 4.22. The first-order valence-corrected chi connectivity index (χ1v) is 15.4. The highest BCUT2D eigenvalue weighted by Crippen LogP contribution is 2.26. The van der Waals surface area contributed by atoms with Gasteiger partial charge in [0.25, 0.3) is 0 Å². The third-order valence-corrected chi connectivity index (χ3v) is 7.18. The molecule has 0 N–H and O–H groups in total. The maximum absolute atomic E-state index is 12.5. The zero-order valence-corrected chi connectivity index (χ0v) is 26.2. The van der Waals surface area contributed by atoms with Gasteiger partial charge in [-0.25, -0.2) is 9.59 Å². The Hall–Kier alpha value is -5.06. The first-order valence-electron chi connectivity index (χ1n) is 15.4. The van der Waals surface area contributed by atoms with Crippen LogP contribution in [0.25, 0.3) is 0 Å². The molecule has 0 radical (unpaired) electrons. The van der Waals surface area contributed by atoms with Crippen molar-refractivity contribution >= 4 is 11.9 Å². The molecule has 0 saturated carbocycles. The molecule has 2 heterocycles. The van der Waals surface area contributed by atoms with Crippen LogP contribution >= 0.6 is 0 Å². The summed E-state index contributed by atoms with van der Waals surface area (Å²) in [5.74, 6) is 2.52. The van der Waals surface area contributed by atoms with Crippen molar-refractivity contribution in [1.82, 2.24) is 0 Å². The minimum absolute atomic E-state index is 0.167. The Morgan fingerprint density at radius 2 is 0.830 bits per heavy atom. The largest absolute Gasteiger partial charge is 0.493 e. The van der Waals surface area contributed by atoms with Crippen molar-refractivity contribution in [2.75, 3.05) is 39.6 Å². The van der Waals surface area contributed by atoms with Crippen molar-refractivity contribution in [2.45, 2.75) is 26.1 Å². The summed E-state index contributed by atoms with van der Waals surface area (Å²) in [6.07, 6.45) is 0.334. The summed E-state index contributed by atoms with van der Waals surface area (Å²) < 4.78 is 44.4. The maximum Gasteiger partial charge on any atom is 0.343 e. The fraction of sp³-hybridized carbons (Fsp3) is 0.297. The van der Waals surface area contributed by atoms with Gasteiger partial charge in [-0.3, -0.25) is 0 Å². The number of benzene rings is 4. The molecule has 4 aromatic rings. The lowest BCUT2D eigenvalue weighted by molar-refractivity contribution is 0.0725. The molecule has 6 rings (SSSR count). The summed E-state index contributed by atoms with van der Waals surface area (Å²) in [4.78, 5) is 25.1. The molecule has 10 heteroatoms. The lowest BCUT2D eigenvalue weighted by Gasteiger charge is -2.25. The topological polar surface area (TPSA) is 115 Å². The number of carbonyl (C=O) groups excluding carboxylic acids is 2. The Balaban J connectivity index is 0.905. The van der Waals surface area contributed by atoms with E-state index in [4.69, 9.17) is 37.9 Å². The van der Waals surface area contributed by atoms with Crippen LogP contribution in [0.5, 0.6) is 34.5 Å². The zero-order chi connectivity index (χ0) is 32.6. The Bertz CT molecular complexity index is 1500. The van der Waals surface area contributed by atoms with Gasteiger partial charge in [-0.05, 0) is 97.1 Å². The smallest absolute Gasteiger partial charge is 0.343 e. The lowest BCUT2D eigenvalue weighted by Crippen LogP contribution is -2.28. The third kappa shape index (κ3) is 9.96. The monoisotopic (exact) mass is 640 g/mol. The normalized spacial score (nSPS) is 16.5. The first-order chi connectivity index (χ1) is 22.8. The van der Waals surface area contributed by atoms with Crippen LogP contribution in [-0.2, 0) is 9.47 Å². The lowest BCUT2D eigenvalue weighted by atomic mass is 9.96. The van der Waals surface area contributed by atoms with Crippen LogP contribution in [0.1, 0.15) is 34.6 Å². The average molecular weight is 641 g/mol. The van der Waals surface area contributed by atoms with E-state index in [1.54, 1.807) is 97.1 Å². The number of epoxide rings is 2. The van der Waals surface area contributed by atoms with Gasteiger partial charge in [0.1, 0.15) is 59.9 Å². The van der Waals surface area contributed by atoms with Gasteiger partial charge in [0.05, 0.1) is 37.6 Å². The summed E-state index contributed by atoms with van der Waals surface area (Å²) >= 11 is 0. The second-order valence-electron chi connectivity index (χ2n) is 12.0. The van der Waals surface area contributed by atoms with Gasteiger partial charge in [0.15, 0.2) is 0 Å². The number of ether oxygens (including phenoxy) is 8. The fourth-order valence-corrected chi connectivity index (χ4v) is 4.22. The van der Waals surface area contributed by atoms with E-state index in [1.807, 2.05) is 13.8 Å². The molecule has 2 unspecified atom stereocenters. The van der Waals surface area contributed by atoms with Crippen LogP contribution in [-0.4, -0.2) is 63.8 Å². The van der Waals surface area contributed by atoms with Gasteiger partial charge in [-0.2, -0.15) is 0 Å². The molecule has 0 aromatic heterocycles. The van der Waals surface area contributed by atoms with E-state index in [-0.39, 0.29) is 17.6 Å². The Kier molecular flexibility index (Phi) is 9.89. The molecule has 2 fully saturated rings. The van der Waals surface area contributed by atoms with Gasteiger partial charge >= 0.3 is 11.9 Å². The number of hydrogen-bond donors (Lipinski definition) is 0. The Labute approximate surface area is 273 Å². The van der Waals surface area contributed by atoms with E-state index in [1.165, 1.54) is 0 Å². The second kappa shape index (κ2) is 14.6. The van der Waals surface area contributed by atoms with Crippen LogP contribution in [0.3, 0.4) is 0 Å². The van der Waals surface area contributed by atoms with Gasteiger partial charge in [-0.15, -0.1) is 0 Å². The standard InChI is InChI=1S/C37H36O10/c1-37(2,23-44-29-11-15-31(16-12-29)46-35(38)25-3-7-27(8-4-25)40-19-33-21-42-33)24-45-30-13-17-32(18-14-30)47-36(39)26-5-9-28(10-6-26)41-20-34-22-43-34/h3-18,33-34H,19-24H2,1-2H3. The minimum atomic E-state index is -0.462. The van der Waals surface area contributed by atoms with Gasteiger partial charge in [0.2, 0.25) is 0 Å². The van der Waals surface area contributed by atoms with Crippen molar-refractivity contribution in [2.24, 2.45) is 5.41 Å². The summed E-state index contributed by atoms with van der Waals surface area (Å²) in [5, 5.41) is 0. The molecular weight excluding hydrogens is 604 g/mol. The Morgan fingerprint density at radius 1 is 0.532 bits per heavy atom. The van der Waals surface area contributed by atoms with Crippen molar-refractivity contribution in [3.8, 4) is 34.5 Å². The third-order valence-electron chi connectivity index (χ3n) is 7.18. The van der Waals surface area contributed by atoms with Crippen LogP contribution in [0.2, 0.25) is 0 Å². The molecule has 0 amide bonds. The SMILES string of the molecule is CC(C)(COc1ccc(OC(=O)c2ccc(OCC3CO3)cc2)cc1)COc1ccc(OC(=O)c2ccc(OCC3CO3)cc2)cc1. The van der Waals surface area contributed by atoms with Gasteiger partial charge in [-0.1, -0.05) is 13.8 Å². The minimum Gasteiger partial charge on any atom is -0.493 e. The van der Waals surface area contributed by atoms with E-state index in [0.29, 0.717) is 72.1 Å². The number of rotatable bonds is 16. The molecule has 0 aliphatic carbocycles. The molecule has 2 saturated heterocycles. The highest BCUT2D eigenvalue weighted by molar-refractivity contribution is 5.91. The van der Waals surface area contributed by atoms with Gasteiger partial charge < -0.3 is 37.9 Å². The van der Waals surface area contributed by atoms with Crippen LogP contribution in [0.4, 0.5) is 0 Å². The molecule has 10 nitrogen and oxygen atoms in total. The number of carbonyl (C=O) groups is 2. The molecule has 2 atom stereocenters. The van der Waals surface area contributed by atoms with E-state index < -0.39 is 11.9 Å². The first kappa shape index (κ1) is 31.9. The molecule has 0 bridgehead atoms. The summed E-state index contributed by atoms with van der Waals surface area (Å²) in [6.45, 7) is 7.30. The van der Waals surface area contributed by atoms with Crippen LogP contribution in [0, 0.1) is 5.41 Å². The highest BCUT2D eigenvalue weighted by Gasteiger charge is 2.24. The van der Waals surface area contributed by atoms with Crippen molar-refractivity contribution in [3.63, 3.8) is 0 Å². The highest BCUT2D eigenvalue weighted by atomic mass is 16.6. The van der Waals surface area contributed by atoms with E-state index >= 15 is 0 Å². The maximum atomic E-state index is 12.5. The van der Waals surface area contributed by atoms with E-state index in [2.05, 4.69) is 0 Å². The molecule has 2 aliphatic heterocycles. The quantitative estimate of drug-likeness (QED) is 0.0801. The van der Waals surface area contributed by atoms with E-state index in [0.717, 1.165) is 13.2 Å². The molecule has 244 valence electrons. The van der Waals surface area contributed by atoms with Crippen LogP contribution < -0.4 is 28.4 Å². The van der Waals surface area contributed by atoms with Crippen molar-refractivity contribution in [1.29, 1.82) is 0 Å². The summed E-state index contributed by atoms with van der Waals surface area (Å²) in [6, 6.07) is 27.4. The summed E-state index contributed by atoms with van der Waals surface area (Å²) in [5.41, 5.74) is 0.523. The predicted molar refractivity (Wildman–Crippen MR) is 171 cm³/mol. The second-order valence-corrected chi connectivity index (χ2v) is 12.0.